The summed E-state index contributed by atoms with van der Waals surface area (Å²) in [7, 11) is 0. The fourth-order valence-electron chi connectivity index (χ4n) is 3.96. The first kappa shape index (κ1) is 16.0. The van der Waals surface area contributed by atoms with Gasteiger partial charge in [-0.05, 0) is 46.0 Å². The van der Waals surface area contributed by atoms with E-state index in [9.17, 15) is 4.79 Å². The lowest BCUT2D eigenvalue weighted by molar-refractivity contribution is -0.127. The molecule has 120 valence electrons. The van der Waals surface area contributed by atoms with Crippen molar-refractivity contribution in [3.05, 3.63) is 0 Å². The van der Waals surface area contributed by atoms with Gasteiger partial charge in [0.15, 0.2) is 0 Å². The number of carbonyl (C=O) groups excluding carboxylic acids is 1. The Morgan fingerprint density at radius 2 is 1.95 bits per heavy atom. The van der Waals surface area contributed by atoms with Crippen molar-refractivity contribution in [2.45, 2.75) is 74.2 Å². The number of carbonyl (C=O) groups is 1. The van der Waals surface area contributed by atoms with Crippen LogP contribution in [-0.4, -0.2) is 45.7 Å². The molecule has 2 heterocycles. The number of hydrogen-bond acceptors (Lipinski definition) is 4. The van der Waals surface area contributed by atoms with Gasteiger partial charge in [0, 0.05) is 28.6 Å². The SMILES string of the molecule is CC1CC(C)N2NCC(C(=O)NC3CCC(I)CC3)C2N1. The largest absolute Gasteiger partial charge is 0.353 e. The van der Waals surface area contributed by atoms with Gasteiger partial charge in [0.1, 0.15) is 0 Å². The average Bonchev–Trinajstić information content (AvgIpc) is 2.85. The van der Waals surface area contributed by atoms with Gasteiger partial charge in [-0.2, -0.15) is 0 Å². The van der Waals surface area contributed by atoms with Crippen LogP contribution in [0.25, 0.3) is 0 Å². The zero-order valence-corrected chi connectivity index (χ0v) is 15.1. The van der Waals surface area contributed by atoms with Crippen molar-refractivity contribution in [1.29, 1.82) is 0 Å². The monoisotopic (exact) mass is 406 g/mol. The van der Waals surface area contributed by atoms with Crippen LogP contribution in [0.2, 0.25) is 0 Å². The number of fused-ring (bicyclic) bond motifs is 1. The van der Waals surface area contributed by atoms with Crippen molar-refractivity contribution < 1.29 is 4.79 Å². The second kappa shape index (κ2) is 6.68. The van der Waals surface area contributed by atoms with Crippen LogP contribution in [0.5, 0.6) is 0 Å². The molecule has 0 aromatic heterocycles. The number of alkyl halides is 1. The molecule has 0 bridgehead atoms. The van der Waals surface area contributed by atoms with E-state index in [4.69, 9.17) is 0 Å². The number of nitrogens with zero attached hydrogens (tertiary/aromatic N) is 1. The Labute approximate surface area is 141 Å². The summed E-state index contributed by atoms with van der Waals surface area (Å²) in [5.74, 6) is 0.244. The minimum absolute atomic E-state index is 0.0209. The summed E-state index contributed by atoms with van der Waals surface area (Å²) in [4.78, 5) is 12.6. The van der Waals surface area contributed by atoms with E-state index in [0.29, 0.717) is 18.1 Å². The molecule has 0 spiro atoms. The van der Waals surface area contributed by atoms with Crippen LogP contribution in [0, 0.1) is 5.92 Å². The van der Waals surface area contributed by atoms with E-state index in [-0.39, 0.29) is 18.0 Å². The summed E-state index contributed by atoms with van der Waals surface area (Å²) in [6.45, 7) is 5.20. The van der Waals surface area contributed by atoms with E-state index in [2.05, 4.69) is 57.5 Å². The standard InChI is InChI=1S/C15H27IN4O/c1-9-7-10(2)20-14(18-9)13(8-17-20)15(21)19-12-5-3-11(16)4-6-12/h9-14,17-18H,3-8H2,1-2H3,(H,19,21). The Balaban J connectivity index is 1.57. The topological polar surface area (TPSA) is 56.4 Å². The number of hydrogen-bond donors (Lipinski definition) is 3. The van der Waals surface area contributed by atoms with Crippen LogP contribution in [0.15, 0.2) is 0 Å². The van der Waals surface area contributed by atoms with Crippen molar-refractivity contribution in [2.24, 2.45) is 5.92 Å². The first-order valence-corrected chi connectivity index (χ1v) is 9.51. The maximum atomic E-state index is 12.6. The first-order valence-electron chi connectivity index (χ1n) is 8.27. The van der Waals surface area contributed by atoms with Gasteiger partial charge in [-0.15, -0.1) is 0 Å². The lowest BCUT2D eigenvalue weighted by Gasteiger charge is -2.40. The molecule has 2 aliphatic heterocycles. The van der Waals surface area contributed by atoms with Gasteiger partial charge in [0.25, 0.3) is 0 Å². The molecular formula is C15H27IN4O. The summed E-state index contributed by atoms with van der Waals surface area (Å²) in [5.41, 5.74) is 3.41. The van der Waals surface area contributed by atoms with Crippen LogP contribution in [0.4, 0.5) is 0 Å². The lowest BCUT2D eigenvalue weighted by atomic mass is 9.94. The predicted octanol–water partition coefficient (Wildman–Crippen LogP) is 1.38. The molecule has 3 N–H and O–H groups in total. The fourth-order valence-corrected chi connectivity index (χ4v) is 4.68. The lowest BCUT2D eigenvalue weighted by Crippen LogP contribution is -2.61. The highest BCUT2D eigenvalue weighted by Gasteiger charge is 2.44. The number of halogens is 1. The minimum atomic E-state index is 0.0209. The average molecular weight is 406 g/mol. The summed E-state index contributed by atoms with van der Waals surface area (Å²) >= 11 is 2.53. The summed E-state index contributed by atoms with van der Waals surface area (Å²) < 4.78 is 0.793. The zero-order chi connectivity index (χ0) is 15.0. The van der Waals surface area contributed by atoms with E-state index in [1.165, 1.54) is 12.8 Å². The van der Waals surface area contributed by atoms with Crippen LogP contribution >= 0.6 is 22.6 Å². The summed E-state index contributed by atoms with van der Waals surface area (Å²) in [6, 6.07) is 1.35. The number of nitrogens with one attached hydrogen (secondary N) is 3. The van der Waals surface area contributed by atoms with Crippen LogP contribution in [0.3, 0.4) is 0 Å². The molecule has 6 heteroatoms. The second-order valence-corrected chi connectivity index (χ2v) is 8.69. The van der Waals surface area contributed by atoms with Gasteiger partial charge in [0.2, 0.25) is 5.91 Å². The van der Waals surface area contributed by atoms with E-state index < -0.39 is 0 Å². The molecular weight excluding hydrogens is 379 g/mol. The Morgan fingerprint density at radius 3 is 2.67 bits per heavy atom. The molecule has 0 aromatic rings. The van der Waals surface area contributed by atoms with Gasteiger partial charge in [0.05, 0.1) is 12.1 Å². The van der Waals surface area contributed by atoms with Crippen LogP contribution < -0.4 is 16.1 Å². The molecule has 5 nitrogen and oxygen atoms in total. The molecule has 3 rings (SSSR count). The summed E-state index contributed by atoms with van der Waals surface area (Å²) in [6.07, 6.45) is 6.00. The molecule has 1 saturated carbocycles. The highest BCUT2D eigenvalue weighted by Crippen LogP contribution is 2.27. The van der Waals surface area contributed by atoms with E-state index >= 15 is 0 Å². The Kier molecular flexibility index (Phi) is 5.08. The van der Waals surface area contributed by atoms with Gasteiger partial charge in [-0.3, -0.25) is 15.5 Å². The molecule has 4 atom stereocenters. The fraction of sp³-hybridized carbons (Fsp3) is 0.933. The van der Waals surface area contributed by atoms with Crippen LogP contribution in [-0.2, 0) is 4.79 Å². The molecule has 2 saturated heterocycles. The van der Waals surface area contributed by atoms with Crippen molar-refractivity contribution in [3.8, 4) is 0 Å². The van der Waals surface area contributed by atoms with E-state index in [1.54, 1.807) is 0 Å². The maximum absolute atomic E-state index is 12.6. The van der Waals surface area contributed by atoms with Gasteiger partial charge < -0.3 is 5.32 Å². The number of hydrazine groups is 1. The third kappa shape index (κ3) is 3.54. The quantitative estimate of drug-likeness (QED) is 0.479. The first-order chi connectivity index (χ1) is 10.0. The van der Waals surface area contributed by atoms with Crippen LogP contribution in [0.1, 0.15) is 46.0 Å². The number of rotatable bonds is 2. The maximum Gasteiger partial charge on any atom is 0.227 e. The smallest absolute Gasteiger partial charge is 0.227 e. The molecule has 21 heavy (non-hydrogen) atoms. The third-order valence-electron chi connectivity index (χ3n) is 5.14. The van der Waals surface area contributed by atoms with Crippen molar-refractivity contribution in [1.82, 2.24) is 21.1 Å². The Hall–Kier alpha value is 0.0800. The third-order valence-corrected chi connectivity index (χ3v) is 6.38. The normalized spacial score (nSPS) is 44.3. The molecule has 4 unspecified atom stereocenters. The molecule has 0 radical (unpaired) electrons. The molecule has 0 aromatic carbocycles. The van der Waals surface area contributed by atoms with E-state index in [1.807, 2.05) is 0 Å². The molecule has 1 amide bonds. The zero-order valence-electron chi connectivity index (χ0n) is 12.9. The van der Waals surface area contributed by atoms with E-state index in [0.717, 1.165) is 29.7 Å². The van der Waals surface area contributed by atoms with Gasteiger partial charge >= 0.3 is 0 Å². The molecule has 3 fully saturated rings. The summed E-state index contributed by atoms with van der Waals surface area (Å²) in [5, 5.41) is 9.12. The predicted molar refractivity (Wildman–Crippen MR) is 92.0 cm³/mol. The Bertz CT molecular complexity index is 386. The van der Waals surface area contributed by atoms with Crippen molar-refractivity contribution in [3.63, 3.8) is 0 Å². The van der Waals surface area contributed by atoms with Crippen molar-refractivity contribution in [2.75, 3.05) is 6.54 Å². The Morgan fingerprint density at radius 1 is 1.24 bits per heavy atom. The minimum Gasteiger partial charge on any atom is -0.353 e. The molecule has 3 aliphatic rings. The number of amides is 1. The highest BCUT2D eigenvalue weighted by atomic mass is 127. The highest BCUT2D eigenvalue weighted by molar-refractivity contribution is 14.1. The second-order valence-electron chi connectivity index (χ2n) is 6.93. The van der Waals surface area contributed by atoms with Gasteiger partial charge in [-0.25, -0.2) is 5.01 Å². The molecule has 1 aliphatic carbocycles. The van der Waals surface area contributed by atoms with Crippen molar-refractivity contribution >= 4 is 28.5 Å². The van der Waals surface area contributed by atoms with Gasteiger partial charge in [-0.1, -0.05) is 22.6 Å².